The van der Waals surface area contributed by atoms with Crippen LogP contribution in [0.1, 0.15) is 41.5 Å². The molecule has 0 radical (unpaired) electrons. The van der Waals surface area contributed by atoms with Crippen molar-refractivity contribution in [3.05, 3.63) is 253 Å². The van der Waals surface area contributed by atoms with Gasteiger partial charge in [-0.2, -0.15) is 0 Å². The van der Waals surface area contributed by atoms with Crippen LogP contribution in [0.3, 0.4) is 0 Å². The second-order valence-corrected chi connectivity index (χ2v) is 19.1. The van der Waals surface area contributed by atoms with E-state index >= 15 is 0 Å². The van der Waals surface area contributed by atoms with Crippen molar-refractivity contribution in [2.75, 3.05) is 0 Å². The summed E-state index contributed by atoms with van der Waals surface area (Å²) >= 11 is 0. The third-order valence-corrected chi connectivity index (χ3v) is 17.9. The molecular formula is C56H38. The molecule has 16 aliphatic rings. The minimum Gasteiger partial charge on any atom is -0.0578 e. The van der Waals surface area contributed by atoms with E-state index in [1.165, 1.54) is 89.2 Å². The fourth-order valence-electron chi connectivity index (χ4n) is 16.2. The van der Waals surface area contributed by atoms with Crippen molar-refractivity contribution in [2.24, 2.45) is 34.5 Å². The lowest BCUT2D eigenvalue weighted by atomic mass is 9.40. The van der Waals surface area contributed by atoms with Gasteiger partial charge in [0.1, 0.15) is 0 Å². The molecule has 0 fully saturated rings. The Labute approximate surface area is 328 Å². The maximum atomic E-state index is 2.59. The summed E-state index contributed by atoms with van der Waals surface area (Å²) in [6.07, 6.45) is 40.3. The highest BCUT2D eigenvalue weighted by Gasteiger charge is 2.70. The van der Waals surface area contributed by atoms with Gasteiger partial charge in [-0.1, -0.05) is 97.2 Å². The molecule has 0 nitrogen and oxygen atoms in total. The minimum atomic E-state index is -0.138. The van der Waals surface area contributed by atoms with E-state index < -0.39 is 0 Å². The van der Waals surface area contributed by atoms with Crippen LogP contribution in [0.2, 0.25) is 0 Å². The number of rotatable bonds is 1. The average Bonchev–Trinajstić information content (AvgIpc) is 4.05. The van der Waals surface area contributed by atoms with Crippen molar-refractivity contribution < 1.29 is 0 Å². The summed E-state index contributed by atoms with van der Waals surface area (Å²) in [6.45, 7) is 14.5. The van der Waals surface area contributed by atoms with Gasteiger partial charge in [-0.05, 0) is 198 Å². The van der Waals surface area contributed by atoms with Gasteiger partial charge >= 0.3 is 0 Å². The molecule has 0 amide bonds. The summed E-state index contributed by atoms with van der Waals surface area (Å²) in [4.78, 5) is 0. The van der Waals surface area contributed by atoms with Crippen LogP contribution in [0, 0.1) is 34.5 Å². The molecule has 6 unspecified atom stereocenters. The van der Waals surface area contributed by atoms with E-state index in [0.717, 1.165) is 0 Å². The summed E-state index contributed by atoms with van der Waals surface area (Å²) in [5, 5.41) is 0. The van der Waals surface area contributed by atoms with E-state index in [1.807, 2.05) is 0 Å². The van der Waals surface area contributed by atoms with Gasteiger partial charge in [0.15, 0.2) is 0 Å². The first-order chi connectivity index (χ1) is 27.3. The van der Waals surface area contributed by atoms with Crippen molar-refractivity contribution in [3.8, 4) is 0 Å². The lowest BCUT2D eigenvalue weighted by Crippen LogP contribution is -2.53. The highest BCUT2D eigenvalue weighted by Crippen LogP contribution is 2.80. The topological polar surface area (TPSA) is 0 Å². The summed E-state index contributed by atoms with van der Waals surface area (Å²) in [7, 11) is 0. The first-order valence-electron chi connectivity index (χ1n) is 21.0. The van der Waals surface area contributed by atoms with Crippen molar-refractivity contribution in [2.45, 2.75) is 41.5 Å². The molecule has 0 heterocycles. The minimum absolute atomic E-state index is 0.138. The molecular weight excluding hydrogens is 673 g/mol. The molecule has 0 N–H and O–H groups in total. The van der Waals surface area contributed by atoms with Gasteiger partial charge in [0.25, 0.3) is 0 Å². The van der Waals surface area contributed by atoms with Crippen molar-refractivity contribution in [1.29, 1.82) is 0 Å². The predicted octanol–water partition coefficient (Wildman–Crippen LogP) is 12.4. The van der Waals surface area contributed by atoms with E-state index in [1.54, 1.807) is 66.9 Å². The maximum Gasteiger partial charge on any atom is 0.0445 e. The molecule has 0 bridgehead atoms. The van der Waals surface area contributed by atoms with Crippen LogP contribution >= 0.6 is 0 Å². The zero-order chi connectivity index (χ0) is 36.8. The molecule has 0 saturated heterocycles. The smallest absolute Gasteiger partial charge is 0.0445 e. The van der Waals surface area contributed by atoms with Crippen LogP contribution in [-0.2, 0) is 0 Å². The molecule has 0 saturated carbocycles. The summed E-state index contributed by atoms with van der Waals surface area (Å²) in [5.74, 6) is 1.26. The Hall–Kier alpha value is -5.72. The molecule has 0 aromatic carbocycles. The zero-order valence-corrected chi connectivity index (χ0v) is 32.5. The van der Waals surface area contributed by atoms with Crippen LogP contribution in [0.25, 0.3) is 0 Å². The predicted molar refractivity (Wildman–Crippen MR) is 224 cm³/mol. The second kappa shape index (κ2) is 8.21. The maximum absolute atomic E-state index is 2.59. The largest absolute Gasteiger partial charge is 0.0578 e. The highest BCUT2D eigenvalue weighted by molar-refractivity contribution is 5.94. The van der Waals surface area contributed by atoms with Gasteiger partial charge in [-0.3, -0.25) is 0 Å². The molecule has 0 aromatic rings. The van der Waals surface area contributed by atoms with Gasteiger partial charge in [0, 0.05) is 34.5 Å². The van der Waals surface area contributed by atoms with Crippen LogP contribution in [0.4, 0.5) is 0 Å². The molecule has 56 heavy (non-hydrogen) atoms. The molecule has 0 heteroatoms. The Morgan fingerprint density at radius 2 is 0.571 bits per heavy atom. The van der Waals surface area contributed by atoms with Crippen molar-refractivity contribution in [3.63, 3.8) is 0 Å². The fraction of sp³-hybridized carbons (Fsp3) is 0.214. The molecule has 16 rings (SSSR count). The van der Waals surface area contributed by atoms with Gasteiger partial charge in [-0.15, -0.1) is 0 Å². The Bertz CT molecular complexity index is 3020. The molecule has 0 aliphatic heterocycles. The second-order valence-electron chi connectivity index (χ2n) is 19.1. The Morgan fingerprint density at radius 3 is 0.929 bits per heavy atom. The Morgan fingerprint density at radius 1 is 0.286 bits per heavy atom. The number of allylic oxidation sites excluding steroid dienone is 44. The average molecular weight is 711 g/mol. The molecule has 6 atom stereocenters. The molecule has 262 valence electrons. The molecule has 2 spiro atoms. The first-order valence-corrected chi connectivity index (χ1v) is 21.0. The van der Waals surface area contributed by atoms with Crippen LogP contribution in [-0.4, -0.2) is 0 Å². The van der Waals surface area contributed by atoms with Gasteiger partial charge in [-0.25, -0.2) is 0 Å². The van der Waals surface area contributed by atoms with Crippen LogP contribution in [0.5, 0.6) is 0 Å². The lowest BCUT2D eigenvalue weighted by Gasteiger charge is -2.61. The van der Waals surface area contributed by atoms with E-state index in [-0.39, 0.29) is 22.7 Å². The van der Waals surface area contributed by atoms with E-state index in [0.29, 0.717) is 11.8 Å². The third-order valence-electron chi connectivity index (χ3n) is 17.9. The molecule has 0 aromatic heterocycles. The fourth-order valence-corrected chi connectivity index (χ4v) is 16.2. The van der Waals surface area contributed by atoms with Gasteiger partial charge < -0.3 is 0 Å². The number of hydrogen-bond acceptors (Lipinski definition) is 0. The zero-order valence-electron chi connectivity index (χ0n) is 32.5. The normalized spacial score (nSPS) is 37.5. The summed E-state index contributed by atoms with van der Waals surface area (Å²) < 4.78 is 0. The Balaban J connectivity index is 1.06. The van der Waals surface area contributed by atoms with Gasteiger partial charge in [0.05, 0.1) is 0 Å². The SMILES string of the molecule is CC1=C2C=CC3=C2C24C5=C(C=CC5=C(C5=C6C=CC7=C6C68C9=C(C=CC9=C(C)C9=CC=C5C96)C(C)=C5C=CC(=C7C)C58)C5=CC=C1C52)C(C)=C1C=CC(=C3C)C14. The third kappa shape index (κ3) is 2.35. The van der Waals surface area contributed by atoms with E-state index in [4.69, 9.17) is 0 Å². The summed E-state index contributed by atoms with van der Waals surface area (Å²) in [6, 6.07) is 0. The van der Waals surface area contributed by atoms with Crippen molar-refractivity contribution >= 4 is 0 Å². The van der Waals surface area contributed by atoms with Gasteiger partial charge in [0.2, 0.25) is 0 Å². The van der Waals surface area contributed by atoms with Crippen LogP contribution in [0.15, 0.2) is 253 Å². The highest BCUT2D eigenvalue weighted by atomic mass is 14.7. The number of hydrogen-bond donors (Lipinski definition) is 0. The van der Waals surface area contributed by atoms with E-state index in [2.05, 4.69) is 139 Å². The van der Waals surface area contributed by atoms with Crippen molar-refractivity contribution in [1.82, 2.24) is 0 Å². The lowest BCUT2D eigenvalue weighted by molar-refractivity contribution is 0.256. The molecule has 16 aliphatic carbocycles. The monoisotopic (exact) mass is 710 g/mol. The quantitative estimate of drug-likeness (QED) is 0.254. The first kappa shape index (κ1) is 28.7. The standard InChI is InChI=1S/C56H38/c1-23-29-7-11-33-25(3)37-15-19-41-45(42-20-16-38-26(4)34-12-8-30(23)48(34)55(47(29)33,51(37)41)52(38)42)46-43-21-17-39-27(5)35-13-9-31-24(2)32-10-14-36-28(6)40-18-22-44(46)54(40)56(49(31)35,50(32)36)53(39)43/h7-22,47,49,52,54H,1-6H3. The summed E-state index contributed by atoms with van der Waals surface area (Å²) in [5.41, 5.74) is 42.4. The van der Waals surface area contributed by atoms with Crippen LogP contribution < -0.4 is 0 Å². The van der Waals surface area contributed by atoms with E-state index in [9.17, 15) is 0 Å². The Kier molecular flexibility index (Phi) is 4.20.